The fraction of sp³-hybridized carbons (Fsp3) is 0.227. The van der Waals surface area contributed by atoms with Crippen molar-refractivity contribution in [3.8, 4) is 5.88 Å². The van der Waals surface area contributed by atoms with Crippen molar-refractivity contribution < 1.29 is 31.8 Å². The summed E-state index contributed by atoms with van der Waals surface area (Å²) < 4.78 is 58.7. The van der Waals surface area contributed by atoms with Crippen LogP contribution < -0.4 is 19.5 Å². The predicted molar refractivity (Wildman–Crippen MR) is 127 cm³/mol. The molecule has 2 heterocycles. The standard InChI is InChI=1S/C22H19ClF2N4O6S/c1-36(33,34)29-12-28(19(31)9-30)18-6-13(2-5-17(18)29)8-27-11-26-21(20(23)22(27)32)35-10-14-3-4-15(24)7-16(14)25/h2-7,11,30H,8-10,12H2,1H3. The van der Waals surface area contributed by atoms with Gasteiger partial charge in [-0.05, 0) is 29.8 Å². The second kappa shape index (κ2) is 9.84. The summed E-state index contributed by atoms with van der Waals surface area (Å²) in [6.45, 7) is -1.47. The number of benzene rings is 2. The zero-order valence-electron chi connectivity index (χ0n) is 18.7. The normalized spacial score (nSPS) is 13.1. The van der Waals surface area contributed by atoms with E-state index in [1.165, 1.54) is 18.2 Å². The largest absolute Gasteiger partial charge is 0.471 e. The Labute approximate surface area is 209 Å². The van der Waals surface area contributed by atoms with Gasteiger partial charge in [-0.1, -0.05) is 17.7 Å². The molecular formula is C22H19ClF2N4O6S. The first-order chi connectivity index (χ1) is 17.0. The molecule has 14 heteroatoms. The molecule has 1 N–H and O–H groups in total. The number of carbonyl (C=O) groups is 1. The van der Waals surface area contributed by atoms with Crippen LogP contribution in [0.25, 0.3) is 0 Å². The van der Waals surface area contributed by atoms with Crippen LogP contribution in [0.15, 0.2) is 47.5 Å². The number of fused-ring (bicyclic) bond motifs is 1. The zero-order valence-corrected chi connectivity index (χ0v) is 20.3. The Morgan fingerprint density at radius 2 is 1.94 bits per heavy atom. The molecule has 0 saturated carbocycles. The van der Waals surface area contributed by atoms with E-state index in [4.69, 9.17) is 16.3 Å². The lowest BCUT2D eigenvalue weighted by molar-refractivity contribution is -0.121. The molecule has 2 aromatic carbocycles. The molecule has 0 atom stereocenters. The average molecular weight is 541 g/mol. The number of anilines is 2. The maximum absolute atomic E-state index is 13.8. The Hall–Kier alpha value is -3.55. The highest BCUT2D eigenvalue weighted by Crippen LogP contribution is 2.38. The summed E-state index contributed by atoms with van der Waals surface area (Å²) in [6, 6.07) is 7.55. The van der Waals surface area contributed by atoms with Crippen molar-refractivity contribution in [1.82, 2.24) is 9.55 Å². The van der Waals surface area contributed by atoms with Crippen molar-refractivity contribution in [3.63, 3.8) is 0 Å². The summed E-state index contributed by atoms with van der Waals surface area (Å²) in [6.07, 6.45) is 2.16. The minimum Gasteiger partial charge on any atom is -0.471 e. The minimum absolute atomic E-state index is 0.0360. The number of aliphatic hydroxyl groups is 1. The third-order valence-electron chi connectivity index (χ3n) is 5.39. The van der Waals surface area contributed by atoms with E-state index in [9.17, 15) is 31.9 Å². The third kappa shape index (κ3) is 5.03. The van der Waals surface area contributed by atoms with E-state index in [1.54, 1.807) is 6.07 Å². The van der Waals surface area contributed by atoms with Gasteiger partial charge in [-0.2, -0.15) is 0 Å². The number of aromatic nitrogens is 2. The highest BCUT2D eigenvalue weighted by molar-refractivity contribution is 7.92. The Balaban J connectivity index is 1.58. The maximum Gasteiger partial charge on any atom is 0.276 e. The Morgan fingerprint density at radius 1 is 1.19 bits per heavy atom. The fourth-order valence-corrected chi connectivity index (χ4v) is 4.65. The molecule has 1 amide bonds. The van der Waals surface area contributed by atoms with Gasteiger partial charge in [0.25, 0.3) is 11.5 Å². The van der Waals surface area contributed by atoms with E-state index in [0.717, 1.165) is 32.4 Å². The maximum atomic E-state index is 13.8. The summed E-state index contributed by atoms with van der Waals surface area (Å²) in [5, 5.41) is 8.91. The van der Waals surface area contributed by atoms with Gasteiger partial charge < -0.3 is 9.84 Å². The van der Waals surface area contributed by atoms with Crippen molar-refractivity contribution in [3.05, 3.63) is 80.9 Å². The van der Waals surface area contributed by atoms with Crippen molar-refractivity contribution in [1.29, 1.82) is 0 Å². The molecule has 1 aliphatic rings. The number of halogens is 3. The topological polar surface area (TPSA) is 122 Å². The van der Waals surface area contributed by atoms with Gasteiger partial charge >= 0.3 is 0 Å². The lowest BCUT2D eigenvalue weighted by atomic mass is 10.1. The molecular weight excluding hydrogens is 522 g/mol. The summed E-state index contributed by atoms with van der Waals surface area (Å²) >= 11 is 6.11. The van der Waals surface area contributed by atoms with E-state index in [1.807, 2.05) is 0 Å². The van der Waals surface area contributed by atoms with Gasteiger partial charge in [0, 0.05) is 11.6 Å². The molecule has 0 aliphatic carbocycles. The number of rotatable bonds is 7. The lowest BCUT2D eigenvalue weighted by Gasteiger charge is -2.17. The molecule has 4 rings (SSSR count). The van der Waals surface area contributed by atoms with E-state index in [-0.39, 0.29) is 47.7 Å². The number of aliphatic hydroxyl groups excluding tert-OH is 1. The SMILES string of the molecule is CS(=O)(=O)N1CN(C(=O)CO)c2cc(Cn3cnc(OCc4ccc(F)cc4F)c(Cl)c3=O)ccc21. The van der Waals surface area contributed by atoms with Crippen LogP contribution in [0.1, 0.15) is 11.1 Å². The van der Waals surface area contributed by atoms with Gasteiger partial charge in [-0.3, -0.25) is 19.1 Å². The zero-order chi connectivity index (χ0) is 26.2. The molecule has 190 valence electrons. The van der Waals surface area contributed by atoms with Crippen molar-refractivity contribution in [2.24, 2.45) is 0 Å². The lowest BCUT2D eigenvalue weighted by Crippen LogP contribution is -2.39. The van der Waals surface area contributed by atoms with Crippen LogP contribution in [-0.4, -0.2) is 48.5 Å². The van der Waals surface area contributed by atoms with E-state index < -0.39 is 39.7 Å². The summed E-state index contributed by atoms with van der Waals surface area (Å²) in [4.78, 5) is 30.1. The van der Waals surface area contributed by atoms with Gasteiger partial charge in [0.15, 0.2) is 5.02 Å². The highest BCUT2D eigenvalue weighted by atomic mass is 35.5. The molecule has 0 saturated heterocycles. The number of ether oxygens (including phenoxy) is 1. The number of hydrogen-bond acceptors (Lipinski definition) is 7. The van der Waals surface area contributed by atoms with Crippen LogP contribution in [0.2, 0.25) is 5.02 Å². The molecule has 1 aromatic heterocycles. The second-order valence-corrected chi connectivity index (χ2v) is 10.2. The van der Waals surface area contributed by atoms with E-state index >= 15 is 0 Å². The van der Waals surface area contributed by atoms with Crippen LogP contribution in [0.3, 0.4) is 0 Å². The average Bonchev–Trinajstić information content (AvgIpc) is 3.21. The first-order valence-electron chi connectivity index (χ1n) is 10.3. The van der Waals surface area contributed by atoms with Crippen molar-refractivity contribution >= 4 is 38.9 Å². The smallest absolute Gasteiger partial charge is 0.276 e. The number of carbonyl (C=O) groups excluding carboxylic acids is 1. The number of nitrogens with zero attached hydrogens (tertiary/aromatic N) is 4. The monoisotopic (exact) mass is 540 g/mol. The first-order valence-corrected chi connectivity index (χ1v) is 12.6. The Bertz CT molecular complexity index is 1510. The molecule has 0 radical (unpaired) electrons. The molecule has 0 unspecified atom stereocenters. The third-order valence-corrected chi connectivity index (χ3v) is 6.83. The first kappa shape index (κ1) is 25.5. The molecule has 36 heavy (non-hydrogen) atoms. The van der Waals surface area contributed by atoms with Gasteiger partial charge in [0.1, 0.15) is 37.8 Å². The number of sulfonamides is 1. The molecule has 3 aromatic rings. The molecule has 0 bridgehead atoms. The van der Waals surface area contributed by atoms with Crippen LogP contribution in [0, 0.1) is 11.6 Å². The van der Waals surface area contributed by atoms with Gasteiger partial charge in [-0.15, -0.1) is 0 Å². The number of amides is 1. The molecule has 0 fully saturated rings. The fourth-order valence-electron chi connectivity index (χ4n) is 3.60. The highest BCUT2D eigenvalue weighted by Gasteiger charge is 2.34. The van der Waals surface area contributed by atoms with Crippen LogP contribution in [-0.2, 0) is 28.0 Å². The van der Waals surface area contributed by atoms with E-state index in [2.05, 4.69) is 4.98 Å². The predicted octanol–water partition coefficient (Wildman–Crippen LogP) is 1.86. The van der Waals surface area contributed by atoms with Crippen LogP contribution in [0.4, 0.5) is 20.2 Å². The van der Waals surface area contributed by atoms with E-state index in [0.29, 0.717) is 11.6 Å². The molecule has 10 nitrogen and oxygen atoms in total. The van der Waals surface area contributed by atoms with Gasteiger partial charge in [-0.25, -0.2) is 26.5 Å². The Morgan fingerprint density at radius 3 is 2.61 bits per heavy atom. The minimum atomic E-state index is -3.69. The van der Waals surface area contributed by atoms with Gasteiger partial charge in [0.2, 0.25) is 15.9 Å². The quantitative estimate of drug-likeness (QED) is 0.485. The van der Waals surface area contributed by atoms with Crippen molar-refractivity contribution in [2.75, 3.05) is 28.7 Å². The summed E-state index contributed by atoms with van der Waals surface area (Å²) in [7, 11) is -3.69. The Kier molecular flexibility index (Phi) is 6.98. The summed E-state index contributed by atoms with van der Waals surface area (Å²) in [5.74, 6) is -2.49. The molecule has 1 aliphatic heterocycles. The van der Waals surface area contributed by atoms with Crippen LogP contribution >= 0.6 is 11.6 Å². The molecule has 0 spiro atoms. The summed E-state index contributed by atoms with van der Waals surface area (Å²) in [5.41, 5.74) is 0.403. The van der Waals surface area contributed by atoms with Gasteiger partial charge in [0.05, 0.1) is 24.2 Å². The van der Waals surface area contributed by atoms with Crippen LogP contribution in [0.5, 0.6) is 5.88 Å². The second-order valence-electron chi connectivity index (χ2n) is 7.88. The number of hydrogen-bond donors (Lipinski definition) is 1. The van der Waals surface area contributed by atoms with Crippen molar-refractivity contribution in [2.45, 2.75) is 13.2 Å².